The second-order valence-electron chi connectivity index (χ2n) is 17.1. The number of fused-ring (bicyclic) bond motifs is 2. The third-order valence-electron chi connectivity index (χ3n) is 11.2. The number of aliphatic hydroxyl groups is 2. The fourth-order valence-electron chi connectivity index (χ4n) is 8.05. The average molecular weight is 967 g/mol. The van der Waals surface area contributed by atoms with Crippen LogP contribution >= 0.6 is 46.4 Å². The maximum atomic E-state index is 11.5. The highest BCUT2D eigenvalue weighted by Gasteiger charge is 2.64. The van der Waals surface area contributed by atoms with E-state index < -0.39 is 81.7 Å². The Morgan fingerprint density at radius 3 is 1.05 bits per heavy atom. The summed E-state index contributed by atoms with van der Waals surface area (Å²) in [6.45, 7) is 8.15. The minimum Gasteiger partial charge on any atom is -0.382 e. The first-order valence-electron chi connectivity index (χ1n) is 21.1. The van der Waals surface area contributed by atoms with Crippen LogP contribution in [0.3, 0.4) is 0 Å². The summed E-state index contributed by atoms with van der Waals surface area (Å²) in [5, 5.41) is 23.0. The first-order valence-corrected chi connectivity index (χ1v) is 22.9. The van der Waals surface area contributed by atoms with Crippen LogP contribution in [0.15, 0.2) is 121 Å². The fourth-order valence-corrected chi connectivity index (χ4v) is 8.80. The Balaban J connectivity index is 0.000000191. The maximum absolute atomic E-state index is 11.5. The predicted octanol–water partition coefficient (Wildman–Crippen LogP) is 8.40. The second-order valence-corrected chi connectivity index (χ2v) is 19.3. The van der Waals surface area contributed by atoms with Crippen LogP contribution in [-0.4, -0.2) is 105 Å². The number of halogens is 4. The van der Waals surface area contributed by atoms with E-state index in [4.69, 9.17) is 93.8 Å². The molecule has 0 bridgehead atoms. The normalized spacial score (nSPS) is 28.6. The Labute approximate surface area is 394 Å². The van der Waals surface area contributed by atoms with Crippen molar-refractivity contribution in [3.05, 3.63) is 144 Å². The van der Waals surface area contributed by atoms with Crippen molar-refractivity contribution in [3.63, 3.8) is 0 Å². The van der Waals surface area contributed by atoms with Gasteiger partial charge in [0.15, 0.2) is 24.2 Å². The molecule has 0 amide bonds. The molecule has 0 spiro atoms. The molecule has 4 aliphatic rings. The minimum atomic E-state index is -1.74. The van der Waals surface area contributed by atoms with Gasteiger partial charge in [-0.1, -0.05) is 121 Å². The first kappa shape index (κ1) is 49.5. The molecule has 16 heteroatoms. The highest BCUT2D eigenvalue weighted by atomic mass is 35.5. The molecule has 10 atom stereocenters. The molecule has 8 rings (SSSR count). The van der Waals surface area contributed by atoms with Gasteiger partial charge in [0.2, 0.25) is 0 Å². The molecule has 0 unspecified atom stereocenters. The Morgan fingerprint density at radius 2 is 0.750 bits per heavy atom. The number of alkyl halides is 4. The monoisotopic (exact) mass is 964 g/mol. The molecule has 4 aromatic rings. The van der Waals surface area contributed by atoms with E-state index in [9.17, 15) is 10.2 Å². The van der Waals surface area contributed by atoms with Crippen LogP contribution in [0.4, 0.5) is 0 Å². The third-order valence-corrected chi connectivity index (χ3v) is 12.7. The van der Waals surface area contributed by atoms with Gasteiger partial charge in [-0.25, -0.2) is 0 Å². The zero-order valence-electron chi connectivity index (χ0n) is 36.1. The highest BCUT2D eigenvalue weighted by Crippen LogP contribution is 2.46. The Kier molecular flexibility index (Phi) is 16.8. The highest BCUT2D eigenvalue weighted by molar-refractivity contribution is 6.45. The summed E-state index contributed by atoms with van der Waals surface area (Å²) in [6.07, 6.45) is -5.71. The van der Waals surface area contributed by atoms with E-state index in [-0.39, 0.29) is 13.2 Å². The molecule has 4 fully saturated rings. The van der Waals surface area contributed by atoms with Crippen molar-refractivity contribution in [3.8, 4) is 0 Å². The summed E-state index contributed by atoms with van der Waals surface area (Å²) in [7, 11) is 0. The summed E-state index contributed by atoms with van der Waals surface area (Å²) < 4.78 is 60.0. The van der Waals surface area contributed by atoms with Crippen molar-refractivity contribution >= 4 is 46.4 Å². The molecule has 2 N–H and O–H groups in total. The van der Waals surface area contributed by atoms with E-state index in [0.29, 0.717) is 26.4 Å². The molecule has 4 aromatic carbocycles. The van der Waals surface area contributed by atoms with Crippen LogP contribution in [-0.2, 0) is 73.8 Å². The van der Waals surface area contributed by atoms with Gasteiger partial charge in [-0.15, -0.1) is 46.4 Å². The zero-order valence-corrected chi connectivity index (χ0v) is 39.1. The molecular weight excluding hydrogens is 910 g/mol. The third kappa shape index (κ3) is 12.2. The van der Waals surface area contributed by atoms with E-state index >= 15 is 0 Å². The quantitative estimate of drug-likeness (QED) is 0.0929. The number of ether oxygens (including phenoxy) is 10. The van der Waals surface area contributed by atoms with Gasteiger partial charge in [0.05, 0.1) is 39.6 Å². The van der Waals surface area contributed by atoms with Gasteiger partial charge in [-0.2, -0.15) is 0 Å². The van der Waals surface area contributed by atoms with Crippen LogP contribution < -0.4 is 0 Å². The Bertz CT molecular complexity index is 1880. The van der Waals surface area contributed by atoms with Crippen LogP contribution in [0, 0.1) is 0 Å². The van der Waals surface area contributed by atoms with E-state index in [1.54, 1.807) is 27.7 Å². The summed E-state index contributed by atoms with van der Waals surface area (Å²) in [5.74, 6) is -1.74. The van der Waals surface area contributed by atoms with E-state index in [0.717, 1.165) is 22.3 Å². The van der Waals surface area contributed by atoms with E-state index in [2.05, 4.69) is 0 Å². The molecule has 0 saturated carbocycles. The van der Waals surface area contributed by atoms with Gasteiger partial charge in [0.1, 0.15) is 57.5 Å². The lowest BCUT2D eigenvalue weighted by Gasteiger charge is -2.37. The number of hydrogen-bond acceptors (Lipinski definition) is 12. The van der Waals surface area contributed by atoms with Crippen LogP contribution in [0.2, 0.25) is 0 Å². The topological polar surface area (TPSA) is 133 Å². The molecule has 4 saturated heterocycles. The number of hydrogen-bond donors (Lipinski definition) is 2. The van der Waals surface area contributed by atoms with Gasteiger partial charge < -0.3 is 57.6 Å². The van der Waals surface area contributed by atoms with Gasteiger partial charge in [-0.3, -0.25) is 0 Å². The van der Waals surface area contributed by atoms with Gasteiger partial charge >= 0.3 is 0 Å². The minimum absolute atomic E-state index is 0.150. The maximum Gasteiger partial charge on any atom is 0.187 e. The van der Waals surface area contributed by atoms with Gasteiger partial charge in [0.25, 0.3) is 0 Å². The van der Waals surface area contributed by atoms with Crippen molar-refractivity contribution < 1.29 is 57.6 Å². The molecule has 4 heterocycles. The summed E-state index contributed by atoms with van der Waals surface area (Å²) in [4.78, 5) is -2.38. The molecule has 348 valence electrons. The molecule has 0 radical (unpaired) electrons. The van der Waals surface area contributed by atoms with Crippen molar-refractivity contribution in [2.75, 3.05) is 13.2 Å². The van der Waals surface area contributed by atoms with E-state index in [1.807, 2.05) is 121 Å². The van der Waals surface area contributed by atoms with E-state index in [1.165, 1.54) is 0 Å². The predicted molar refractivity (Wildman–Crippen MR) is 241 cm³/mol. The standard InChI is InChI=1S/2C24H28Cl2O6/c2*1-23(2)31-18-19(32-23)21(29-14-17-11-7-4-8-12-17)30-20(18)24(27,22(25)26)15-28-13-16-9-5-3-6-10-16/h2*3-12,18-22,27H,13-15H2,1-2H3/t2*18-,19+,20+,21+,24+/m11/s1. The van der Waals surface area contributed by atoms with Crippen molar-refractivity contribution in [2.24, 2.45) is 0 Å². The number of rotatable bonds is 18. The second kappa shape index (κ2) is 21.7. The lowest BCUT2D eigenvalue weighted by Crippen LogP contribution is -2.56. The molecular formula is C48H56Cl4O12. The fraction of sp³-hybridized carbons (Fsp3) is 0.500. The molecule has 64 heavy (non-hydrogen) atoms. The lowest BCUT2D eigenvalue weighted by molar-refractivity contribution is -0.261. The lowest BCUT2D eigenvalue weighted by atomic mass is 9.94. The summed E-state index contributed by atoms with van der Waals surface area (Å²) in [6, 6.07) is 38.7. The first-order chi connectivity index (χ1) is 30.6. The molecule has 4 aliphatic heterocycles. The molecule has 0 aliphatic carbocycles. The van der Waals surface area contributed by atoms with Crippen molar-refractivity contribution in [2.45, 2.75) is 136 Å². The molecule has 12 nitrogen and oxygen atoms in total. The SMILES string of the molecule is CC1(C)O[C@@H]2[C@@H](OCc3ccccc3)O[C@H]([C@@](O)(COCc3ccccc3)C(Cl)Cl)[C@@H]2O1.CC1(C)O[C@@H]2[C@@H](OCc3ccccc3)O[C@H]([C@@](O)(COCc3ccccc3)C(Cl)Cl)[C@@H]2O1. The summed E-state index contributed by atoms with van der Waals surface area (Å²) in [5.41, 5.74) is 0.426. The smallest absolute Gasteiger partial charge is 0.187 e. The average Bonchev–Trinajstić information content (AvgIpc) is 3.99. The number of benzene rings is 4. The molecule has 0 aromatic heterocycles. The van der Waals surface area contributed by atoms with Gasteiger partial charge in [-0.05, 0) is 49.9 Å². The van der Waals surface area contributed by atoms with Crippen molar-refractivity contribution in [1.29, 1.82) is 0 Å². The van der Waals surface area contributed by atoms with Crippen molar-refractivity contribution in [1.82, 2.24) is 0 Å². The Morgan fingerprint density at radius 1 is 0.469 bits per heavy atom. The summed E-state index contributed by atoms with van der Waals surface area (Å²) >= 11 is 25.0. The zero-order chi connectivity index (χ0) is 45.5. The van der Waals surface area contributed by atoms with Crippen LogP contribution in [0.5, 0.6) is 0 Å². The van der Waals surface area contributed by atoms with Crippen LogP contribution in [0.25, 0.3) is 0 Å². The van der Waals surface area contributed by atoms with Gasteiger partial charge in [0, 0.05) is 0 Å². The van der Waals surface area contributed by atoms with Crippen LogP contribution in [0.1, 0.15) is 49.9 Å². The Hall–Kier alpha value is -2.44. The largest absolute Gasteiger partial charge is 0.382 e.